The zero-order valence-electron chi connectivity index (χ0n) is 9.66. The minimum atomic E-state index is -0.673. The van der Waals surface area contributed by atoms with Crippen LogP contribution < -0.4 is 0 Å². The van der Waals surface area contributed by atoms with Crippen LogP contribution in [0.15, 0.2) is 12.7 Å². The van der Waals surface area contributed by atoms with E-state index in [0.717, 1.165) is 0 Å². The van der Waals surface area contributed by atoms with Gasteiger partial charge >= 0.3 is 6.16 Å². The summed E-state index contributed by atoms with van der Waals surface area (Å²) in [6, 6.07) is 0. The summed E-state index contributed by atoms with van der Waals surface area (Å²) in [5.41, 5.74) is -0.673. The molecule has 1 atom stereocenters. The van der Waals surface area contributed by atoms with Gasteiger partial charge in [0.05, 0.1) is 0 Å². The van der Waals surface area contributed by atoms with Crippen LogP contribution in [0.1, 0.15) is 34.6 Å². The first-order chi connectivity index (χ1) is 6.28. The standard InChI is InChI=1S/C11H20O3/c1-7-11(5,6)14-10(12)13-9(4)8(2)3/h7-9H,1H2,2-6H3. The quantitative estimate of drug-likeness (QED) is 0.516. The minimum Gasteiger partial charge on any atom is -0.431 e. The minimum absolute atomic E-state index is 0.136. The lowest BCUT2D eigenvalue weighted by Crippen LogP contribution is -2.29. The summed E-state index contributed by atoms with van der Waals surface area (Å²) in [6.45, 7) is 12.9. The lowest BCUT2D eigenvalue weighted by Gasteiger charge is -2.23. The Morgan fingerprint density at radius 1 is 1.36 bits per heavy atom. The summed E-state index contributed by atoms with van der Waals surface area (Å²) in [6.07, 6.45) is 0.785. The molecule has 82 valence electrons. The predicted molar refractivity (Wildman–Crippen MR) is 56.1 cm³/mol. The van der Waals surface area contributed by atoms with Gasteiger partial charge in [-0.25, -0.2) is 4.79 Å². The van der Waals surface area contributed by atoms with Crippen molar-refractivity contribution in [2.24, 2.45) is 5.92 Å². The van der Waals surface area contributed by atoms with Crippen LogP contribution in [0.4, 0.5) is 4.79 Å². The van der Waals surface area contributed by atoms with Crippen LogP contribution in [0.5, 0.6) is 0 Å². The van der Waals surface area contributed by atoms with E-state index in [1.165, 1.54) is 0 Å². The third-order valence-corrected chi connectivity index (χ3v) is 2.06. The Bertz CT molecular complexity index is 207. The smallest absolute Gasteiger partial charge is 0.431 e. The van der Waals surface area contributed by atoms with Gasteiger partial charge in [0.25, 0.3) is 0 Å². The van der Waals surface area contributed by atoms with E-state index in [1.807, 2.05) is 20.8 Å². The Morgan fingerprint density at radius 2 is 1.86 bits per heavy atom. The first-order valence-electron chi connectivity index (χ1n) is 4.81. The highest BCUT2D eigenvalue weighted by Gasteiger charge is 2.22. The fraction of sp³-hybridized carbons (Fsp3) is 0.727. The molecule has 0 saturated heterocycles. The van der Waals surface area contributed by atoms with Gasteiger partial charge in [0.15, 0.2) is 0 Å². The maximum absolute atomic E-state index is 11.2. The van der Waals surface area contributed by atoms with Crippen LogP contribution >= 0.6 is 0 Å². The molecule has 3 nitrogen and oxygen atoms in total. The molecule has 0 rings (SSSR count). The van der Waals surface area contributed by atoms with Crippen LogP contribution in [-0.4, -0.2) is 17.9 Å². The number of carbonyl (C=O) groups is 1. The molecule has 3 heteroatoms. The molecule has 0 bridgehead atoms. The summed E-state index contributed by atoms with van der Waals surface area (Å²) < 4.78 is 10.1. The molecule has 0 heterocycles. The van der Waals surface area contributed by atoms with Crippen molar-refractivity contribution >= 4 is 6.16 Å². The van der Waals surface area contributed by atoms with Gasteiger partial charge in [0.1, 0.15) is 11.7 Å². The zero-order chi connectivity index (χ0) is 11.4. The monoisotopic (exact) mass is 200 g/mol. The SMILES string of the molecule is C=CC(C)(C)OC(=O)OC(C)C(C)C. The molecule has 0 aliphatic carbocycles. The molecule has 0 aliphatic rings. The highest BCUT2D eigenvalue weighted by atomic mass is 16.7. The van der Waals surface area contributed by atoms with Crippen LogP contribution in [0.2, 0.25) is 0 Å². The van der Waals surface area contributed by atoms with Crippen molar-refractivity contribution < 1.29 is 14.3 Å². The second-order valence-corrected chi connectivity index (χ2v) is 4.23. The van der Waals surface area contributed by atoms with E-state index < -0.39 is 11.8 Å². The van der Waals surface area contributed by atoms with E-state index in [-0.39, 0.29) is 12.0 Å². The third-order valence-electron chi connectivity index (χ3n) is 2.06. The average molecular weight is 200 g/mol. The molecule has 0 fully saturated rings. The van der Waals surface area contributed by atoms with Crippen molar-refractivity contribution in [2.75, 3.05) is 0 Å². The number of hydrogen-bond acceptors (Lipinski definition) is 3. The first-order valence-corrected chi connectivity index (χ1v) is 4.81. The van der Waals surface area contributed by atoms with E-state index in [1.54, 1.807) is 19.9 Å². The summed E-state index contributed by atoms with van der Waals surface area (Å²) in [4.78, 5) is 11.2. The molecule has 0 radical (unpaired) electrons. The molecular formula is C11H20O3. The van der Waals surface area contributed by atoms with Crippen LogP contribution in [0, 0.1) is 5.92 Å². The molecule has 0 amide bonds. The number of rotatable bonds is 4. The number of ether oxygens (including phenoxy) is 2. The fourth-order valence-electron chi connectivity index (χ4n) is 0.568. The summed E-state index contributed by atoms with van der Waals surface area (Å²) >= 11 is 0. The zero-order valence-corrected chi connectivity index (χ0v) is 9.66. The molecule has 0 spiro atoms. The van der Waals surface area contributed by atoms with Crippen LogP contribution in [0.25, 0.3) is 0 Å². The lowest BCUT2D eigenvalue weighted by atomic mass is 10.1. The van der Waals surface area contributed by atoms with Gasteiger partial charge in [-0.05, 0) is 32.8 Å². The van der Waals surface area contributed by atoms with Crippen molar-refractivity contribution in [2.45, 2.75) is 46.3 Å². The van der Waals surface area contributed by atoms with E-state index >= 15 is 0 Å². The van der Waals surface area contributed by atoms with E-state index in [4.69, 9.17) is 9.47 Å². The molecule has 14 heavy (non-hydrogen) atoms. The topological polar surface area (TPSA) is 35.5 Å². The van der Waals surface area contributed by atoms with Gasteiger partial charge < -0.3 is 9.47 Å². The second-order valence-electron chi connectivity index (χ2n) is 4.23. The Kier molecular flexibility index (Phi) is 4.68. The Hall–Kier alpha value is -0.990. The second kappa shape index (κ2) is 5.03. The van der Waals surface area contributed by atoms with Crippen molar-refractivity contribution in [1.29, 1.82) is 0 Å². The molecule has 0 aromatic rings. The Balaban J connectivity index is 4.05. The normalized spacial score (nSPS) is 13.6. The summed E-state index contributed by atoms with van der Waals surface area (Å²) in [7, 11) is 0. The van der Waals surface area contributed by atoms with Gasteiger partial charge in [-0.2, -0.15) is 0 Å². The van der Waals surface area contributed by atoms with Crippen molar-refractivity contribution in [3.63, 3.8) is 0 Å². The van der Waals surface area contributed by atoms with Gasteiger partial charge in [0.2, 0.25) is 0 Å². The molecule has 0 N–H and O–H groups in total. The summed E-state index contributed by atoms with van der Waals surface area (Å²) in [5.74, 6) is 0.286. The number of carbonyl (C=O) groups excluding carboxylic acids is 1. The first kappa shape index (κ1) is 13.0. The average Bonchev–Trinajstić information content (AvgIpc) is 2.02. The van der Waals surface area contributed by atoms with E-state index in [2.05, 4.69) is 6.58 Å². The maximum atomic E-state index is 11.2. The van der Waals surface area contributed by atoms with Crippen molar-refractivity contribution in [3.05, 3.63) is 12.7 Å². The largest absolute Gasteiger partial charge is 0.509 e. The molecule has 1 unspecified atom stereocenters. The van der Waals surface area contributed by atoms with E-state index in [9.17, 15) is 4.79 Å². The van der Waals surface area contributed by atoms with Gasteiger partial charge in [-0.1, -0.05) is 20.4 Å². The molecular weight excluding hydrogens is 180 g/mol. The Morgan fingerprint density at radius 3 is 2.21 bits per heavy atom. The third kappa shape index (κ3) is 4.90. The fourth-order valence-corrected chi connectivity index (χ4v) is 0.568. The molecule has 0 saturated carbocycles. The molecule has 0 aromatic heterocycles. The van der Waals surface area contributed by atoms with Crippen molar-refractivity contribution in [1.82, 2.24) is 0 Å². The molecule has 0 aliphatic heterocycles. The summed E-state index contributed by atoms with van der Waals surface area (Å²) in [5, 5.41) is 0. The van der Waals surface area contributed by atoms with Crippen LogP contribution in [0.3, 0.4) is 0 Å². The Labute approximate surface area is 86.1 Å². The van der Waals surface area contributed by atoms with Gasteiger partial charge in [-0.3, -0.25) is 0 Å². The number of hydrogen-bond donors (Lipinski definition) is 0. The van der Waals surface area contributed by atoms with Gasteiger partial charge in [0, 0.05) is 0 Å². The van der Waals surface area contributed by atoms with Crippen LogP contribution in [-0.2, 0) is 9.47 Å². The van der Waals surface area contributed by atoms with Crippen molar-refractivity contribution in [3.8, 4) is 0 Å². The highest BCUT2D eigenvalue weighted by Crippen LogP contribution is 2.13. The molecule has 0 aromatic carbocycles. The maximum Gasteiger partial charge on any atom is 0.509 e. The van der Waals surface area contributed by atoms with Gasteiger partial charge in [-0.15, -0.1) is 0 Å². The lowest BCUT2D eigenvalue weighted by molar-refractivity contribution is -0.0216. The predicted octanol–water partition coefficient (Wildman–Crippen LogP) is 3.15. The highest BCUT2D eigenvalue weighted by molar-refractivity contribution is 5.61. The van der Waals surface area contributed by atoms with E-state index in [0.29, 0.717) is 0 Å².